The van der Waals surface area contributed by atoms with Crippen LogP contribution in [0.15, 0.2) is 52.3 Å². The number of aromatic nitrogens is 3. The van der Waals surface area contributed by atoms with Crippen molar-refractivity contribution in [3.8, 4) is 11.4 Å². The molecule has 0 unspecified atom stereocenters. The van der Waals surface area contributed by atoms with E-state index in [2.05, 4.69) is 22.0 Å². The van der Waals surface area contributed by atoms with Crippen LogP contribution >= 0.6 is 0 Å². The number of pyridine rings is 1. The quantitative estimate of drug-likeness (QED) is 0.673. The highest BCUT2D eigenvalue weighted by atomic mass is 16.5. The normalized spacial score (nSPS) is 11.6. The molecule has 0 aliphatic rings. The van der Waals surface area contributed by atoms with Gasteiger partial charge in [-0.2, -0.15) is 0 Å². The number of rotatable bonds is 6. The summed E-state index contributed by atoms with van der Waals surface area (Å²) in [6.45, 7) is 5.86. The van der Waals surface area contributed by atoms with Gasteiger partial charge in [-0.15, -0.1) is 0 Å². The molecule has 6 heteroatoms. The second-order valence-corrected chi connectivity index (χ2v) is 6.39. The molecule has 0 amide bonds. The van der Waals surface area contributed by atoms with Gasteiger partial charge in [-0.25, -0.2) is 14.7 Å². The van der Waals surface area contributed by atoms with Crippen molar-refractivity contribution in [3.63, 3.8) is 0 Å². The summed E-state index contributed by atoms with van der Waals surface area (Å²) in [7, 11) is 1.62. The molecule has 0 aliphatic carbocycles. The zero-order valence-electron chi connectivity index (χ0n) is 16.1. The molecule has 0 bridgehead atoms. The number of hydrogen-bond donors (Lipinski definition) is 1. The second-order valence-electron chi connectivity index (χ2n) is 6.39. The van der Waals surface area contributed by atoms with Crippen LogP contribution in [0.5, 0.6) is 5.75 Å². The Hall–Kier alpha value is -3.15. The molecule has 0 atom stereocenters. The van der Waals surface area contributed by atoms with Gasteiger partial charge in [-0.05, 0) is 56.7 Å². The number of nitrogens with zero attached hydrogens (tertiary/aromatic N) is 3. The van der Waals surface area contributed by atoms with Crippen molar-refractivity contribution in [2.45, 2.75) is 33.6 Å². The average Bonchev–Trinajstić information content (AvgIpc) is 2.98. The van der Waals surface area contributed by atoms with Crippen LogP contribution in [-0.4, -0.2) is 27.6 Å². The lowest BCUT2D eigenvalue weighted by atomic mass is 10.1. The average molecular weight is 364 g/mol. The number of aromatic amines is 1. The van der Waals surface area contributed by atoms with Crippen LogP contribution in [0.3, 0.4) is 0 Å². The third-order valence-electron chi connectivity index (χ3n) is 4.31. The van der Waals surface area contributed by atoms with Crippen LogP contribution in [0, 0.1) is 6.92 Å². The summed E-state index contributed by atoms with van der Waals surface area (Å²) >= 11 is 0. The highest BCUT2D eigenvalue weighted by Gasteiger charge is 2.17. The van der Waals surface area contributed by atoms with Gasteiger partial charge in [0.1, 0.15) is 5.75 Å². The number of methoxy groups -OCH3 is 1. The van der Waals surface area contributed by atoms with Gasteiger partial charge in [0.25, 0.3) is 5.56 Å². The molecule has 1 N–H and O–H groups in total. The fourth-order valence-electron chi connectivity index (χ4n) is 3.02. The van der Waals surface area contributed by atoms with Gasteiger partial charge < -0.3 is 4.74 Å². The third kappa shape index (κ3) is 4.00. The van der Waals surface area contributed by atoms with E-state index in [1.807, 2.05) is 56.3 Å². The van der Waals surface area contributed by atoms with Crippen LogP contribution < -0.4 is 10.3 Å². The van der Waals surface area contributed by atoms with Gasteiger partial charge in [-0.1, -0.05) is 19.4 Å². The molecule has 1 aromatic carbocycles. The van der Waals surface area contributed by atoms with E-state index in [4.69, 9.17) is 4.74 Å². The number of benzene rings is 1. The Morgan fingerprint density at radius 3 is 2.59 bits per heavy atom. The lowest BCUT2D eigenvalue weighted by Crippen LogP contribution is -2.19. The largest absolute Gasteiger partial charge is 0.497 e. The van der Waals surface area contributed by atoms with Crippen molar-refractivity contribution in [1.82, 2.24) is 14.8 Å². The lowest BCUT2D eigenvalue weighted by molar-refractivity contribution is 0.414. The van der Waals surface area contributed by atoms with Crippen LogP contribution in [0.2, 0.25) is 0 Å². The Balaban J connectivity index is 2.08. The smallest absolute Gasteiger partial charge is 0.280 e. The highest BCUT2D eigenvalue weighted by molar-refractivity contribution is 6.00. The van der Waals surface area contributed by atoms with E-state index in [0.717, 1.165) is 35.7 Å². The Morgan fingerprint density at radius 1 is 1.22 bits per heavy atom. The maximum atomic E-state index is 13.1. The summed E-state index contributed by atoms with van der Waals surface area (Å²) in [5, 5.41) is 3.24. The fourth-order valence-corrected chi connectivity index (χ4v) is 3.02. The van der Waals surface area contributed by atoms with Crippen molar-refractivity contribution in [1.29, 1.82) is 0 Å². The summed E-state index contributed by atoms with van der Waals surface area (Å²) in [5.74, 6) is 1.35. The van der Waals surface area contributed by atoms with Gasteiger partial charge in [0.15, 0.2) is 5.82 Å². The SMILES string of the molecule is CCCc1[nH]n(-c2ccc(OC)cc2)c(=O)c1/C(C)=N/c1cccc(C)n1. The number of ether oxygens (including phenoxy) is 1. The highest BCUT2D eigenvalue weighted by Crippen LogP contribution is 2.17. The molecule has 0 spiro atoms. The predicted octanol–water partition coefficient (Wildman–Crippen LogP) is 3.97. The Bertz CT molecular complexity index is 1010. The van der Waals surface area contributed by atoms with E-state index >= 15 is 0 Å². The van der Waals surface area contributed by atoms with Gasteiger partial charge in [-0.3, -0.25) is 9.89 Å². The first-order chi connectivity index (χ1) is 13.0. The molecule has 27 heavy (non-hydrogen) atoms. The fraction of sp³-hybridized carbons (Fsp3) is 0.286. The molecular weight excluding hydrogens is 340 g/mol. The van der Waals surface area contributed by atoms with E-state index < -0.39 is 0 Å². The minimum absolute atomic E-state index is 0.113. The van der Waals surface area contributed by atoms with Crippen LogP contribution in [0.1, 0.15) is 37.2 Å². The van der Waals surface area contributed by atoms with E-state index in [1.165, 1.54) is 0 Å². The molecule has 140 valence electrons. The van der Waals surface area contributed by atoms with E-state index in [0.29, 0.717) is 17.1 Å². The molecule has 0 radical (unpaired) electrons. The standard InChI is InChI=1S/C21H24N4O2/c1-5-7-18-20(15(3)23-19-9-6-8-14(2)22-19)21(26)25(24-18)16-10-12-17(27-4)13-11-16/h6,8-13,24H,5,7H2,1-4H3/b23-15+. The van der Waals surface area contributed by atoms with Gasteiger partial charge in [0.2, 0.25) is 0 Å². The molecule has 2 aromatic heterocycles. The third-order valence-corrected chi connectivity index (χ3v) is 4.31. The Kier molecular flexibility index (Phi) is 5.54. The molecule has 6 nitrogen and oxygen atoms in total. The summed E-state index contributed by atoms with van der Waals surface area (Å²) in [4.78, 5) is 22.1. The predicted molar refractivity (Wildman–Crippen MR) is 108 cm³/mol. The van der Waals surface area contributed by atoms with E-state index in [-0.39, 0.29) is 5.56 Å². The van der Waals surface area contributed by atoms with Crippen molar-refractivity contribution >= 4 is 11.5 Å². The first-order valence-corrected chi connectivity index (χ1v) is 9.01. The molecule has 0 aliphatic heterocycles. The summed E-state index contributed by atoms with van der Waals surface area (Å²) in [6, 6.07) is 13.0. The van der Waals surface area contributed by atoms with Crippen LogP contribution in [0.4, 0.5) is 5.82 Å². The lowest BCUT2D eigenvalue weighted by Gasteiger charge is -2.03. The number of hydrogen-bond acceptors (Lipinski definition) is 4. The van der Waals surface area contributed by atoms with Crippen LogP contribution in [0.25, 0.3) is 5.69 Å². The number of aryl methyl sites for hydroxylation is 2. The van der Waals surface area contributed by atoms with Gasteiger partial charge in [0.05, 0.1) is 24.1 Å². The zero-order valence-corrected chi connectivity index (χ0v) is 16.1. The molecule has 2 heterocycles. The summed E-state index contributed by atoms with van der Waals surface area (Å²) < 4.78 is 6.75. The van der Waals surface area contributed by atoms with Crippen LogP contribution in [-0.2, 0) is 6.42 Å². The molecular formula is C21H24N4O2. The minimum Gasteiger partial charge on any atom is -0.497 e. The van der Waals surface area contributed by atoms with E-state index in [9.17, 15) is 4.79 Å². The van der Waals surface area contributed by atoms with E-state index in [1.54, 1.807) is 11.8 Å². The molecule has 0 saturated carbocycles. The van der Waals surface area contributed by atoms with Crippen molar-refractivity contribution in [2.24, 2.45) is 4.99 Å². The number of H-pyrrole nitrogens is 1. The molecule has 0 saturated heterocycles. The maximum absolute atomic E-state index is 13.1. The first kappa shape index (κ1) is 18.6. The Morgan fingerprint density at radius 2 is 1.96 bits per heavy atom. The Labute approximate surface area is 158 Å². The van der Waals surface area contributed by atoms with Crippen molar-refractivity contribution in [2.75, 3.05) is 7.11 Å². The zero-order chi connectivity index (χ0) is 19.4. The topological polar surface area (TPSA) is 72.3 Å². The molecule has 3 rings (SSSR count). The summed E-state index contributed by atoms with van der Waals surface area (Å²) in [6.07, 6.45) is 1.69. The second kappa shape index (κ2) is 8.03. The van der Waals surface area contributed by atoms with Crippen molar-refractivity contribution < 1.29 is 4.74 Å². The molecule has 3 aromatic rings. The van der Waals surface area contributed by atoms with Gasteiger partial charge in [0, 0.05) is 11.4 Å². The van der Waals surface area contributed by atoms with Crippen molar-refractivity contribution in [3.05, 3.63) is 69.8 Å². The van der Waals surface area contributed by atoms with Gasteiger partial charge >= 0.3 is 0 Å². The number of nitrogens with one attached hydrogen (secondary N) is 1. The molecule has 0 fully saturated rings. The maximum Gasteiger partial charge on any atom is 0.280 e. The minimum atomic E-state index is -0.113. The first-order valence-electron chi connectivity index (χ1n) is 9.01. The summed E-state index contributed by atoms with van der Waals surface area (Å²) in [5.41, 5.74) is 3.68. The number of aliphatic imine (C=N–C) groups is 1. The monoisotopic (exact) mass is 364 g/mol.